The van der Waals surface area contributed by atoms with Gasteiger partial charge in [-0.3, -0.25) is 4.79 Å². The predicted molar refractivity (Wildman–Crippen MR) is 73.5 cm³/mol. The van der Waals surface area contributed by atoms with Crippen LogP contribution in [0.1, 0.15) is 17.3 Å². The van der Waals surface area contributed by atoms with Gasteiger partial charge < -0.3 is 14.1 Å². The summed E-state index contributed by atoms with van der Waals surface area (Å²) >= 11 is 0. The number of ether oxygens (including phenoxy) is 1. The Labute approximate surface area is 116 Å². The van der Waals surface area contributed by atoms with Crippen LogP contribution in [0.2, 0.25) is 0 Å². The molecule has 1 heterocycles. The summed E-state index contributed by atoms with van der Waals surface area (Å²) in [5.41, 5.74) is 1.07. The van der Waals surface area contributed by atoms with E-state index in [0.29, 0.717) is 12.1 Å². The van der Waals surface area contributed by atoms with Gasteiger partial charge >= 0.3 is 5.97 Å². The fraction of sp³-hybridized carbons (Fsp3) is 0.200. The molecule has 2 rings (SSSR count). The number of hydrogen-bond acceptors (Lipinski definition) is 4. The van der Waals surface area contributed by atoms with Gasteiger partial charge in [-0.25, -0.2) is 4.79 Å². The van der Waals surface area contributed by atoms with Crippen molar-refractivity contribution < 1.29 is 18.7 Å². The molecular formula is C15H15NO4. The molecule has 0 aliphatic heterocycles. The fourth-order valence-corrected chi connectivity index (χ4v) is 1.78. The van der Waals surface area contributed by atoms with Crippen molar-refractivity contribution in [3.05, 3.63) is 54.5 Å². The SMILES string of the molecule is CCN(C(=O)COC(=O)c1ccoc1)c1ccccc1. The standard InChI is InChI=1S/C15H15NO4/c1-2-16(13-6-4-3-5-7-13)14(17)11-20-15(18)12-8-9-19-10-12/h3-10H,2,11H2,1H3. The number of benzene rings is 1. The number of carbonyl (C=O) groups excluding carboxylic acids is 2. The topological polar surface area (TPSA) is 59.8 Å². The quantitative estimate of drug-likeness (QED) is 0.785. The van der Waals surface area contributed by atoms with Crippen molar-refractivity contribution >= 4 is 17.6 Å². The van der Waals surface area contributed by atoms with Crippen LogP contribution in [0.3, 0.4) is 0 Å². The number of carbonyl (C=O) groups is 2. The van der Waals surface area contributed by atoms with Crippen molar-refractivity contribution in [3.63, 3.8) is 0 Å². The number of anilines is 1. The zero-order valence-electron chi connectivity index (χ0n) is 11.1. The van der Waals surface area contributed by atoms with Crippen LogP contribution in [0.15, 0.2) is 53.3 Å². The van der Waals surface area contributed by atoms with Gasteiger partial charge in [0, 0.05) is 12.2 Å². The van der Waals surface area contributed by atoms with Gasteiger partial charge in [-0.05, 0) is 25.1 Å². The number of para-hydroxylation sites is 1. The number of nitrogens with zero attached hydrogens (tertiary/aromatic N) is 1. The lowest BCUT2D eigenvalue weighted by atomic mass is 10.3. The minimum absolute atomic E-state index is 0.268. The summed E-state index contributed by atoms with van der Waals surface area (Å²) < 4.78 is 9.75. The molecule has 5 nitrogen and oxygen atoms in total. The molecule has 0 spiro atoms. The Kier molecular flexibility index (Phi) is 4.55. The average Bonchev–Trinajstić information content (AvgIpc) is 3.01. The van der Waals surface area contributed by atoms with E-state index in [9.17, 15) is 9.59 Å². The van der Waals surface area contributed by atoms with Crippen LogP contribution >= 0.6 is 0 Å². The lowest BCUT2D eigenvalue weighted by Crippen LogP contribution is -2.34. The van der Waals surface area contributed by atoms with Crippen LogP contribution in [0.4, 0.5) is 5.69 Å². The summed E-state index contributed by atoms with van der Waals surface area (Å²) in [5.74, 6) is -0.841. The first kappa shape index (κ1) is 13.9. The second-order valence-electron chi connectivity index (χ2n) is 4.06. The molecule has 0 unspecified atom stereocenters. The molecular weight excluding hydrogens is 258 g/mol. The average molecular weight is 273 g/mol. The summed E-state index contributed by atoms with van der Waals surface area (Å²) in [5, 5.41) is 0. The Hall–Kier alpha value is -2.56. The maximum Gasteiger partial charge on any atom is 0.341 e. The van der Waals surface area contributed by atoms with Crippen LogP contribution in [-0.4, -0.2) is 25.0 Å². The summed E-state index contributed by atoms with van der Waals surface area (Å²) in [6, 6.07) is 10.7. The van der Waals surface area contributed by atoms with Crippen LogP contribution < -0.4 is 4.90 Å². The third-order valence-corrected chi connectivity index (χ3v) is 2.77. The van der Waals surface area contributed by atoms with E-state index in [0.717, 1.165) is 5.69 Å². The van der Waals surface area contributed by atoms with Crippen LogP contribution in [-0.2, 0) is 9.53 Å². The molecule has 1 amide bonds. The molecule has 0 aliphatic rings. The van der Waals surface area contributed by atoms with Gasteiger partial charge in [0.05, 0.1) is 11.8 Å². The van der Waals surface area contributed by atoms with Gasteiger partial charge in [0.25, 0.3) is 5.91 Å². The molecule has 0 saturated carbocycles. The van der Waals surface area contributed by atoms with E-state index in [2.05, 4.69) is 0 Å². The van der Waals surface area contributed by atoms with Gasteiger partial charge in [-0.15, -0.1) is 0 Å². The first-order valence-electron chi connectivity index (χ1n) is 6.27. The maximum absolute atomic E-state index is 12.1. The normalized spacial score (nSPS) is 10.1. The molecule has 0 bridgehead atoms. The largest absolute Gasteiger partial charge is 0.472 e. The Morgan fingerprint density at radius 2 is 1.95 bits per heavy atom. The fourth-order valence-electron chi connectivity index (χ4n) is 1.78. The van der Waals surface area contributed by atoms with Gasteiger partial charge in [-0.1, -0.05) is 18.2 Å². The number of hydrogen-bond donors (Lipinski definition) is 0. The number of likely N-dealkylation sites (N-methyl/N-ethyl adjacent to an activating group) is 1. The van der Waals surface area contributed by atoms with Crippen molar-refractivity contribution in [1.82, 2.24) is 0 Å². The molecule has 0 fully saturated rings. The van der Waals surface area contributed by atoms with Crippen molar-refractivity contribution in [2.45, 2.75) is 6.92 Å². The first-order valence-corrected chi connectivity index (χ1v) is 6.27. The lowest BCUT2D eigenvalue weighted by Gasteiger charge is -2.20. The highest BCUT2D eigenvalue weighted by atomic mass is 16.5. The third-order valence-electron chi connectivity index (χ3n) is 2.77. The van der Waals surface area contributed by atoms with E-state index >= 15 is 0 Å². The van der Waals surface area contributed by atoms with E-state index < -0.39 is 5.97 Å². The van der Waals surface area contributed by atoms with E-state index in [1.807, 2.05) is 37.3 Å². The number of esters is 1. The van der Waals surface area contributed by atoms with Crippen molar-refractivity contribution in [2.75, 3.05) is 18.1 Å². The third kappa shape index (κ3) is 3.26. The van der Waals surface area contributed by atoms with Gasteiger partial charge in [0.15, 0.2) is 6.61 Å². The summed E-state index contributed by atoms with van der Waals surface area (Å²) in [6.45, 7) is 2.07. The monoisotopic (exact) mass is 273 g/mol. The van der Waals surface area contributed by atoms with E-state index in [1.54, 1.807) is 4.90 Å². The van der Waals surface area contributed by atoms with Gasteiger partial charge in [-0.2, -0.15) is 0 Å². The highest BCUT2D eigenvalue weighted by Crippen LogP contribution is 2.13. The Morgan fingerprint density at radius 1 is 1.20 bits per heavy atom. The minimum atomic E-state index is -0.573. The summed E-state index contributed by atoms with van der Waals surface area (Å²) in [7, 11) is 0. The molecule has 0 N–H and O–H groups in total. The highest BCUT2D eigenvalue weighted by molar-refractivity contribution is 5.96. The van der Waals surface area contributed by atoms with Crippen LogP contribution in [0.25, 0.3) is 0 Å². The Bertz CT molecular complexity index is 563. The Balaban J connectivity index is 1.95. The summed E-state index contributed by atoms with van der Waals surface area (Å²) in [6.07, 6.45) is 2.66. The molecule has 20 heavy (non-hydrogen) atoms. The Morgan fingerprint density at radius 3 is 2.55 bits per heavy atom. The van der Waals surface area contributed by atoms with Gasteiger partial charge in [0.1, 0.15) is 6.26 Å². The maximum atomic E-state index is 12.1. The summed E-state index contributed by atoms with van der Waals surface area (Å²) in [4.78, 5) is 25.2. The second-order valence-corrected chi connectivity index (χ2v) is 4.06. The minimum Gasteiger partial charge on any atom is -0.472 e. The number of furan rings is 1. The lowest BCUT2D eigenvalue weighted by molar-refractivity contribution is -0.121. The molecule has 1 aromatic carbocycles. The zero-order chi connectivity index (χ0) is 14.4. The smallest absolute Gasteiger partial charge is 0.341 e. The molecule has 104 valence electrons. The van der Waals surface area contributed by atoms with E-state index in [-0.39, 0.29) is 12.5 Å². The van der Waals surface area contributed by atoms with Crippen molar-refractivity contribution in [2.24, 2.45) is 0 Å². The van der Waals surface area contributed by atoms with Crippen molar-refractivity contribution in [1.29, 1.82) is 0 Å². The molecule has 0 atom stereocenters. The zero-order valence-corrected chi connectivity index (χ0v) is 11.1. The van der Waals surface area contributed by atoms with Gasteiger partial charge in [0.2, 0.25) is 0 Å². The second kappa shape index (κ2) is 6.56. The van der Waals surface area contributed by atoms with E-state index in [4.69, 9.17) is 9.15 Å². The molecule has 0 saturated heterocycles. The van der Waals surface area contributed by atoms with E-state index in [1.165, 1.54) is 18.6 Å². The highest BCUT2D eigenvalue weighted by Gasteiger charge is 2.16. The molecule has 5 heteroatoms. The predicted octanol–water partition coefficient (Wildman–Crippen LogP) is 2.49. The molecule has 2 aromatic rings. The molecule has 0 radical (unpaired) electrons. The first-order chi connectivity index (χ1) is 9.72. The number of rotatable bonds is 5. The van der Waals surface area contributed by atoms with Crippen LogP contribution in [0.5, 0.6) is 0 Å². The molecule has 0 aliphatic carbocycles. The molecule has 1 aromatic heterocycles. The van der Waals surface area contributed by atoms with Crippen molar-refractivity contribution in [3.8, 4) is 0 Å². The van der Waals surface area contributed by atoms with Crippen LogP contribution in [0, 0.1) is 0 Å². The number of amides is 1.